The molecule has 0 aliphatic heterocycles. The summed E-state index contributed by atoms with van der Waals surface area (Å²) >= 11 is 0. The van der Waals surface area contributed by atoms with Crippen LogP contribution < -0.4 is 0 Å². The molecule has 0 aromatic carbocycles. The van der Waals surface area contributed by atoms with Gasteiger partial charge in [-0.1, -0.05) is 27.2 Å². The quantitative estimate of drug-likeness (QED) is 0.621. The Bertz CT molecular complexity index is 132. The van der Waals surface area contributed by atoms with Crippen LogP contribution in [-0.4, -0.2) is 23.9 Å². The Morgan fingerprint density at radius 2 is 2.00 bits per heavy atom. The van der Waals surface area contributed by atoms with Gasteiger partial charge in [0.05, 0.1) is 0 Å². The highest BCUT2D eigenvalue weighted by Crippen LogP contribution is 2.01. The summed E-state index contributed by atoms with van der Waals surface area (Å²) < 4.78 is 0. The molecule has 1 amide bonds. The van der Waals surface area contributed by atoms with Crippen LogP contribution in [0.5, 0.6) is 0 Å². The average molecular weight is 171 g/mol. The average Bonchev–Trinajstić information content (AvgIpc) is 1.96. The Balaban J connectivity index is 3.78. The predicted octanol–water partition coefficient (Wildman–Crippen LogP) is 2.29. The van der Waals surface area contributed by atoms with E-state index in [2.05, 4.69) is 20.8 Å². The molecule has 2 nitrogen and oxygen atoms in total. The van der Waals surface area contributed by atoms with Crippen molar-refractivity contribution in [1.82, 2.24) is 4.90 Å². The number of rotatable bonds is 5. The van der Waals surface area contributed by atoms with Gasteiger partial charge in [0.15, 0.2) is 0 Å². The number of hydrogen-bond acceptors (Lipinski definition) is 1. The summed E-state index contributed by atoms with van der Waals surface area (Å²) in [6, 6.07) is 0. The third kappa shape index (κ3) is 5.16. The Kier molecular flexibility index (Phi) is 5.77. The SMILES string of the molecule is CCCCN(CC(C)C)C(C)=O. The zero-order chi connectivity index (χ0) is 9.56. The van der Waals surface area contributed by atoms with Gasteiger partial charge < -0.3 is 4.90 Å². The molecule has 0 fully saturated rings. The molecule has 0 radical (unpaired) electrons. The van der Waals surface area contributed by atoms with Crippen LogP contribution in [0.4, 0.5) is 0 Å². The summed E-state index contributed by atoms with van der Waals surface area (Å²) in [5.41, 5.74) is 0. The zero-order valence-corrected chi connectivity index (χ0v) is 8.76. The summed E-state index contributed by atoms with van der Waals surface area (Å²) in [5.74, 6) is 0.780. The lowest BCUT2D eigenvalue weighted by molar-refractivity contribution is -0.129. The van der Waals surface area contributed by atoms with E-state index in [9.17, 15) is 4.79 Å². The lowest BCUT2D eigenvalue weighted by Crippen LogP contribution is -2.33. The fourth-order valence-corrected chi connectivity index (χ4v) is 1.17. The predicted molar refractivity (Wildman–Crippen MR) is 52.0 cm³/mol. The zero-order valence-electron chi connectivity index (χ0n) is 8.76. The monoisotopic (exact) mass is 171 g/mol. The van der Waals surface area contributed by atoms with Gasteiger partial charge in [-0.2, -0.15) is 0 Å². The van der Waals surface area contributed by atoms with E-state index in [1.165, 1.54) is 0 Å². The molecule has 0 atom stereocenters. The highest BCUT2D eigenvalue weighted by Gasteiger charge is 2.08. The van der Waals surface area contributed by atoms with Crippen LogP contribution in [0.1, 0.15) is 40.5 Å². The van der Waals surface area contributed by atoms with Gasteiger partial charge in [0.1, 0.15) is 0 Å². The molecule has 12 heavy (non-hydrogen) atoms. The molecular weight excluding hydrogens is 150 g/mol. The van der Waals surface area contributed by atoms with Gasteiger partial charge in [-0.15, -0.1) is 0 Å². The standard InChI is InChI=1S/C10H21NO/c1-5-6-7-11(10(4)12)8-9(2)3/h9H,5-8H2,1-4H3. The number of nitrogens with zero attached hydrogens (tertiary/aromatic N) is 1. The van der Waals surface area contributed by atoms with Crippen molar-refractivity contribution in [2.75, 3.05) is 13.1 Å². The van der Waals surface area contributed by atoms with Crippen LogP contribution in [0, 0.1) is 5.92 Å². The van der Waals surface area contributed by atoms with Crippen molar-refractivity contribution in [1.29, 1.82) is 0 Å². The van der Waals surface area contributed by atoms with Gasteiger partial charge >= 0.3 is 0 Å². The number of carbonyl (C=O) groups excluding carboxylic acids is 1. The largest absolute Gasteiger partial charge is 0.343 e. The molecule has 0 rings (SSSR count). The second kappa shape index (κ2) is 6.04. The number of carbonyl (C=O) groups is 1. The van der Waals surface area contributed by atoms with Gasteiger partial charge in [-0.05, 0) is 12.3 Å². The molecule has 0 aromatic heterocycles. The first kappa shape index (κ1) is 11.5. The summed E-state index contributed by atoms with van der Waals surface area (Å²) in [4.78, 5) is 13.0. The third-order valence-electron chi connectivity index (χ3n) is 1.81. The molecule has 0 aromatic rings. The molecular formula is C10H21NO. The van der Waals surface area contributed by atoms with E-state index in [-0.39, 0.29) is 5.91 Å². The lowest BCUT2D eigenvalue weighted by atomic mass is 10.2. The molecule has 2 heteroatoms. The molecule has 0 unspecified atom stereocenters. The molecule has 0 heterocycles. The van der Waals surface area contributed by atoms with Crippen molar-refractivity contribution < 1.29 is 4.79 Å². The van der Waals surface area contributed by atoms with Gasteiger partial charge in [0, 0.05) is 20.0 Å². The smallest absolute Gasteiger partial charge is 0.219 e. The van der Waals surface area contributed by atoms with Gasteiger partial charge in [-0.3, -0.25) is 4.79 Å². The summed E-state index contributed by atoms with van der Waals surface area (Å²) in [6.07, 6.45) is 2.27. The molecule has 0 N–H and O–H groups in total. The normalized spacial score (nSPS) is 10.4. The highest BCUT2D eigenvalue weighted by atomic mass is 16.2. The van der Waals surface area contributed by atoms with Crippen LogP contribution in [0.15, 0.2) is 0 Å². The van der Waals surface area contributed by atoms with Crippen LogP contribution in [0.3, 0.4) is 0 Å². The van der Waals surface area contributed by atoms with Crippen LogP contribution in [-0.2, 0) is 4.79 Å². The summed E-state index contributed by atoms with van der Waals surface area (Å²) in [6.45, 7) is 9.90. The molecule has 0 saturated carbocycles. The molecule has 0 spiro atoms. The first-order valence-corrected chi connectivity index (χ1v) is 4.83. The minimum atomic E-state index is 0.206. The van der Waals surface area contributed by atoms with E-state index in [1.807, 2.05) is 4.90 Å². The second-order valence-electron chi connectivity index (χ2n) is 3.71. The van der Waals surface area contributed by atoms with Crippen LogP contribution in [0.25, 0.3) is 0 Å². The highest BCUT2D eigenvalue weighted by molar-refractivity contribution is 5.73. The van der Waals surface area contributed by atoms with Crippen molar-refractivity contribution >= 4 is 5.91 Å². The van der Waals surface area contributed by atoms with E-state index in [4.69, 9.17) is 0 Å². The van der Waals surface area contributed by atoms with Crippen LogP contribution >= 0.6 is 0 Å². The summed E-state index contributed by atoms with van der Waals surface area (Å²) in [7, 11) is 0. The maximum atomic E-state index is 11.1. The van der Waals surface area contributed by atoms with Crippen molar-refractivity contribution in [2.45, 2.75) is 40.5 Å². The number of amides is 1. The Morgan fingerprint density at radius 1 is 1.42 bits per heavy atom. The minimum absolute atomic E-state index is 0.206. The van der Waals surface area contributed by atoms with E-state index in [0.717, 1.165) is 25.9 Å². The van der Waals surface area contributed by atoms with E-state index in [0.29, 0.717) is 5.92 Å². The maximum absolute atomic E-state index is 11.1. The number of unbranched alkanes of at least 4 members (excludes halogenated alkanes) is 1. The minimum Gasteiger partial charge on any atom is -0.343 e. The van der Waals surface area contributed by atoms with E-state index in [1.54, 1.807) is 6.92 Å². The van der Waals surface area contributed by atoms with Crippen LogP contribution in [0.2, 0.25) is 0 Å². The first-order chi connectivity index (χ1) is 5.57. The second-order valence-corrected chi connectivity index (χ2v) is 3.71. The lowest BCUT2D eigenvalue weighted by Gasteiger charge is -2.22. The fourth-order valence-electron chi connectivity index (χ4n) is 1.17. The Morgan fingerprint density at radius 3 is 2.33 bits per heavy atom. The Hall–Kier alpha value is -0.530. The first-order valence-electron chi connectivity index (χ1n) is 4.83. The van der Waals surface area contributed by atoms with Gasteiger partial charge in [0.2, 0.25) is 5.91 Å². The van der Waals surface area contributed by atoms with Crippen molar-refractivity contribution in [3.63, 3.8) is 0 Å². The third-order valence-corrected chi connectivity index (χ3v) is 1.81. The number of hydrogen-bond donors (Lipinski definition) is 0. The van der Waals surface area contributed by atoms with Crippen molar-refractivity contribution in [3.05, 3.63) is 0 Å². The van der Waals surface area contributed by atoms with Crippen molar-refractivity contribution in [2.24, 2.45) is 5.92 Å². The molecule has 0 bridgehead atoms. The maximum Gasteiger partial charge on any atom is 0.219 e. The Labute approximate surface area is 75.9 Å². The van der Waals surface area contributed by atoms with E-state index >= 15 is 0 Å². The van der Waals surface area contributed by atoms with E-state index < -0.39 is 0 Å². The molecule has 72 valence electrons. The molecule has 0 saturated heterocycles. The molecule has 0 aliphatic carbocycles. The van der Waals surface area contributed by atoms with Crippen molar-refractivity contribution in [3.8, 4) is 0 Å². The van der Waals surface area contributed by atoms with Gasteiger partial charge in [0.25, 0.3) is 0 Å². The van der Waals surface area contributed by atoms with Gasteiger partial charge in [-0.25, -0.2) is 0 Å². The fraction of sp³-hybridized carbons (Fsp3) is 0.900. The molecule has 0 aliphatic rings. The topological polar surface area (TPSA) is 20.3 Å². The summed E-state index contributed by atoms with van der Waals surface area (Å²) in [5, 5.41) is 0.